The molecule has 7 heteroatoms. The lowest BCUT2D eigenvalue weighted by atomic mass is 10.1. The first kappa shape index (κ1) is 23.6. The molecule has 0 radical (unpaired) electrons. The number of hydrogen-bond acceptors (Lipinski definition) is 5. The Labute approximate surface area is 180 Å². The minimum Gasteiger partial charge on any atom is -0.493 e. The third kappa shape index (κ3) is 7.59. The third-order valence-corrected chi connectivity index (χ3v) is 5.26. The normalized spacial score (nSPS) is 15.3. The number of nitrogens with one attached hydrogen (secondary N) is 1. The monoisotopic (exact) mass is 425 g/mol. The molecule has 1 heterocycles. The van der Waals surface area contributed by atoms with E-state index in [9.17, 15) is 4.79 Å². The molecule has 29 heavy (non-hydrogen) atoms. The molecule has 0 aromatic heterocycles. The van der Waals surface area contributed by atoms with Crippen molar-refractivity contribution in [2.45, 2.75) is 52.6 Å². The summed E-state index contributed by atoms with van der Waals surface area (Å²) < 4.78 is 10.8. The Balaban J connectivity index is 1.73. The highest BCUT2D eigenvalue weighted by molar-refractivity contribution is 6.32. The van der Waals surface area contributed by atoms with Gasteiger partial charge in [0.25, 0.3) is 0 Å². The van der Waals surface area contributed by atoms with Crippen LogP contribution in [0.5, 0.6) is 5.75 Å². The van der Waals surface area contributed by atoms with Crippen LogP contribution in [0.4, 0.5) is 10.5 Å². The number of alkyl carbamates (subject to hydrolysis) is 1. The lowest BCUT2D eigenvalue weighted by Crippen LogP contribution is -2.46. The van der Waals surface area contributed by atoms with Crippen molar-refractivity contribution >= 4 is 23.4 Å². The number of unbranched alkanes of at least 4 members (excludes halogenated alkanes) is 1. The molecule has 2 rings (SSSR count). The van der Waals surface area contributed by atoms with Crippen LogP contribution in [0.1, 0.15) is 46.1 Å². The Morgan fingerprint density at radius 3 is 2.45 bits per heavy atom. The number of benzene rings is 1. The van der Waals surface area contributed by atoms with Crippen LogP contribution in [0.15, 0.2) is 12.1 Å². The number of methoxy groups -OCH3 is 1. The minimum atomic E-state index is -0.451. The van der Waals surface area contributed by atoms with Crippen molar-refractivity contribution in [2.75, 3.05) is 51.3 Å². The molecule has 0 aliphatic carbocycles. The van der Waals surface area contributed by atoms with E-state index < -0.39 is 5.60 Å². The number of rotatable bonds is 8. The second kappa shape index (κ2) is 10.9. The van der Waals surface area contributed by atoms with Crippen LogP contribution >= 0.6 is 11.6 Å². The average molecular weight is 426 g/mol. The Morgan fingerprint density at radius 1 is 1.17 bits per heavy atom. The molecular formula is C22H36ClN3O3. The van der Waals surface area contributed by atoms with E-state index in [0.29, 0.717) is 11.6 Å². The summed E-state index contributed by atoms with van der Waals surface area (Å²) in [5.41, 5.74) is 1.87. The highest BCUT2D eigenvalue weighted by Crippen LogP contribution is 2.37. The van der Waals surface area contributed by atoms with Crippen LogP contribution in [0, 0.1) is 0 Å². The van der Waals surface area contributed by atoms with E-state index in [1.165, 1.54) is 5.56 Å². The van der Waals surface area contributed by atoms with Crippen molar-refractivity contribution < 1.29 is 14.3 Å². The molecular weight excluding hydrogens is 390 g/mol. The maximum absolute atomic E-state index is 11.6. The molecule has 1 aromatic rings. The number of aryl methyl sites for hydroxylation is 1. The molecule has 1 amide bonds. The summed E-state index contributed by atoms with van der Waals surface area (Å²) in [5.74, 6) is 0.769. The largest absolute Gasteiger partial charge is 0.493 e. The number of hydrogen-bond donors (Lipinski definition) is 1. The fraction of sp³-hybridized carbons (Fsp3) is 0.682. The molecule has 1 fully saturated rings. The van der Waals surface area contributed by atoms with E-state index in [1.807, 2.05) is 26.8 Å². The van der Waals surface area contributed by atoms with E-state index in [4.69, 9.17) is 21.1 Å². The van der Waals surface area contributed by atoms with Crippen LogP contribution in [-0.2, 0) is 11.2 Å². The molecule has 1 aromatic carbocycles. The minimum absolute atomic E-state index is 0.340. The number of nitrogens with zero attached hydrogens (tertiary/aromatic N) is 2. The van der Waals surface area contributed by atoms with Gasteiger partial charge in [0.2, 0.25) is 0 Å². The van der Waals surface area contributed by atoms with Gasteiger partial charge in [-0.1, -0.05) is 18.5 Å². The van der Waals surface area contributed by atoms with E-state index >= 15 is 0 Å². The Kier molecular flexibility index (Phi) is 8.90. The number of carbonyl (C=O) groups is 1. The van der Waals surface area contributed by atoms with E-state index in [0.717, 1.165) is 63.4 Å². The summed E-state index contributed by atoms with van der Waals surface area (Å²) in [6, 6.07) is 4.19. The van der Waals surface area contributed by atoms with Gasteiger partial charge in [-0.25, -0.2) is 4.79 Å². The van der Waals surface area contributed by atoms with Crippen molar-refractivity contribution in [3.63, 3.8) is 0 Å². The highest BCUT2D eigenvalue weighted by Gasteiger charge is 2.21. The summed E-state index contributed by atoms with van der Waals surface area (Å²) in [6.45, 7) is 13.4. The molecule has 1 aliphatic heterocycles. The number of carbonyl (C=O) groups excluding carboxylic acids is 1. The summed E-state index contributed by atoms with van der Waals surface area (Å²) in [7, 11) is 1.68. The van der Waals surface area contributed by atoms with Crippen LogP contribution in [-0.4, -0.2) is 63.0 Å². The maximum Gasteiger partial charge on any atom is 0.407 e. The summed E-state index contributed by atoms with van der Waals surface area (Å²) in [5, 5.41) is 3.50. The van der Waals surface area contributed by atoms with Gasteiger partial charge in [-0.05, 0) is 64.3 Å². The Bertz CT molecular complexity index is 668. The quantitative estimate of drug-likeness (QED) is 0.628. The van der Waals surface area contributed by atoms with E-state index in [-0.39, 0.29) is 6.09 Å². The first-order chi connectivity index (χ1) is 13.7. The number of piperazine rings is 1. The second-order valence-corrected chi connectivity index (χ2v) is 8.86. The van der Waals surface area contributed by atoms with Crippen LogP contribution < -0.4 is 15.0 Å². The van der Waals surface area contributed by atoms with Gasteiger partial charge in [-0.15, -0.1) is 0 Å². The number of ether oxygens (including phenoxy) is 2. The second-order valence-electron chi connectivity index (χ2n) is 8.45. The molecule has 0 unspecified atom stereocenters. The topological polar surface area (TPSA) is 54.0 Å². The van der Waals surface area contributed by atoms with Crippen molar-refractivity contribution in [3.05, 3.63) is 22.7 Å². The third-order valence-electron chi connectivity index (χ3n) is 4.98. The van der Waals surface area contributed by atoms with Crippen molar-refractivity contribution in [2.24, 2.45) is 0 Å². The molecule has 0 atom stereocenters. The predicted molar refractivity (Wildman–Crippen MR) is 120 cm³/mol. The standard InChI is InChI=1S/C22H36ClN3O3/c1-6-17-15-18(23)20(28-5)19(16-17)26-13-11-25(12-14-26)10-8-7-9-24-21(27)29-22(2,3)4/h15-16H,6-14H2,1-5H3,(H,24,27). The smallest absolute Gasteiger partial charge is 0.407 e. The molecule has 6 nitrogen and oxygen atoms in total. The van der Waals surface area contributed by atoms with Gasteiger partial charge in [-0.3, -0.25) is 4.90 Å². The SMILES string of the molecule is CCc1cc(Cl)c(OC)c(N2CCN(CCCCNC(=O)OC(C)(C)C)CC2)c1. The zero-order chi connectivity index (χ0) is 21.4. The summed E-state index contributed by atoms with van der Waals surface area (Å²) in [4.78, 5) is 16.5. The zero-order valence-electron chi connectivity index (χ0n) is 18.5. The van der Waals surface area contributed by atoms with Gasteiger partial charge in [0.15, 0.2) is 5.75 Å². The Morgan fingerprint density at radius 2 is 1.86 bits per heavy atom. The van der Waals surface area contributed by atoms with E-state index in [2.05, 4.69) is 28.1 Å². The van der Waals surface area contributed by atoms with Crippen molar-refractivity contribution in [3.8, 4) is 5.75 Å². The molecule has 0 saturated carbocycles. The van der Waals surface area contributed by atoms with Gasteiger partial charge >= 0.3 is 6.09 Å². The molecule has 0 spiro atoms. The van der Waals surface area contributed by atoms with Gasteiger partial charge in [0.05, 0.1) is 17.8 Å². The maximum atomic E-state index is 11.6. The fourth-order valence-corrected chi connectivity index (χ4v) is 3.77. The highest BCUT2D eigenvalue weighted by atomic mass is 35.5. The van der Waals surface area contributed by atoms with Crippen LogP contribution in [0.25, 0.3) is 0 Å². The van der Waals surface area contributed by atoms with Gasteiger partial charge in [0, 0.05) is 32.7 Å². The van der Waals surface area contributed by atoms with Gasteiger partial charge in [0.1, 0.15) is 5.60 Å². The molecule has 1 N–H and O–H groups in total. The van der Waals surface area contributed by atoms with Gasteiger partial charge < -0.3 is 19.7 Å². The first-order valence-corrected chi connectivity index (χ1v) is 10.9. The summed E-state index contributed by atoms with van der Waals surface area (Å²) >= 11 is 6.42. The zero-order valence-corrected chi connectivity index (χ0v) is 19.3. The molecule has 0 bridgehead atoms. The van der Waals surface area contributed by atoms with Gasteiger partial charge in [-0.2, -0.15) is 0 Å². The number of amides is 1. The molecule has 1 saturated heterocycles. The van der Waals surface area contributed by atoms with E-state index in [1.54, 1.807) is 7.11 Å². The number of anilines is 1. The van der Waals surface area contributed by atoms with Crippen molar-refractivity contribution in [1.29, 1.82) is 0 Å². The molecule has 164 valence electrons. The summed E-state index contributed by atoms with van der Waals surface area (Å²) in [6.07, 6.45) is 2.61. The van der Waals surface area contributed by atoms with Crippen LogP contribution in [0.2, 0.25) is 5.02 Å². The predicted octanol–water partition coefficient (Wildman–Crippen LogP) is 4.34. The fourth-order valence-electron chi connectivity index (χ4n) is 3.45. The first-order valence-electron chi connectivity index (χ1n) is 10.5. The lowest BCUT2D eigenvalue weighted by Gasteiger charge is -2.37. The lowest BCUT2D eigenvalue weighted by molar-refractivity contribution is 0.0526. The van der Waals surface area contributed by atoms with Crippen molar-refractivity contribution in [1.82, 2.24) is 10.2 Å². The molecule has 1 aliphatic rings. The number of halogens is 1. The average Bonchev–Trinajstić information content (AvgIpc) is 2.66. The van der Waals surface area contributed by atoms with Crippen LogP contribution in [0.3, 0.4) is 0 Å². The Hall–Kier alpha value is -1.66.